The number of rotatable bonds is 4. The van der Waals surface area contributed by atoms with Gasteiger partial charge < -0.3 is 4.90 Å². The average molecular weight is 371 g/mol. The van der Waals surface area contributed by atoms with E-state index in [-0.39, 0.29) is 0 Å². The molecule has 3 heterocycles. The largest absolute Gasteiger partial charge is 0.300 e. The van der Waals surface area contributed by atoms with Crippen molar-refractivity contribution in [3.05, 3.63) is 20.8 Å². The lowest BCUT2D eigenvalue weighted by atomic mass is 9.95. The maximum Gasteiger partial charge on any atom is 0.0701 e. The van der Waals surface area contributed by atoms with Gasteiger partial charge in [-0.2, -0.15) is 0 Å². The molecule has 2 unspecified atom stereocenters. The SMILES string of the molecule is CC1CCCCN1CC1CCCN(Cc2ccc(Br)s2)C1. The quantitative estimate of drug-likeness (QED) is 0.763. The molecule has 0 bridgehead atoms. The second-order valence-electron chi connectivity index (χ2n) is 6.79. The maximum atomic E-state index is 3.57. The molecule has 2 atom stereocenters. The van der Waals surface area contributed by atoms with Crippen LogP contribution in [0.1, 0.15) is 43.9 Å². The highest BCUT2D eigenvalue weighted by Crippen LogP contribution is 2.27. The van der Waals surface area contributed by atoms with Gasteiger partial charge >= 0.3 is 0 Å². The van der Waals surface area contributed by atoms with Gasteiger partial charge in [0.05, 0.1) is 3.79 Å². The third kappa shape index (κ3) is 4.54. The van der Waals surface area contributed by atoms with Crippen molar-refractivity contribution >= 4 is 27.3 Å². The Morgan fingerprint density at radius 1 is 1.19 bits per heavy atom. The molecule has 4 heteroatoms. The minimum atomic E-state index is 0.808. The van der Waals surface area contributed by atoms with Gasteiger partial charge in [-0.05, 0) is 79.7 Å². The summed E-state index contributed by atoms with van der Waals surface area (Å²) in [5.41, 5.74) is 0. The number of hydrogen-bond donors (Lipinski definition) is 0. The fourth-order valence-electron chi connectivity index (χ4n) is 3.86. The van der Waals surface area contributed by atoms with Crippen LogP contribution in [0.4, 0.5) is 0 Å². The van der Waals surface area contributed by atoms with E-state index < -0.39 is 0 Å². The van der Waals surface area contributed by atoms with Gasteiger partial charge in [-0.3, -0.25) is 4.90 Å². The fraction of sp³-hybridized carbons (Fsp3) is 0.765. The summed E-state index contributed by atoms with van der Waals surface area (Å²) < 4.78 is 1.26. The normalized spacial score (nSPS) is 28.9. The van der Waals surface area contributed by atoms with Crippen LogP contribution in [-0.2, 0) is 6.54 Å². The van der Waals surface area contributed by atoms with Crippen molar-refractivity contribution in [3.63, 3.8) is 0 Å². The molecule has 1 aromatic heterocycles. The monoisotopic (exact) mass is 370 g/mol. The van der Waals surface area contributed by atoms with Gasteiger partial charge in [0, 0.05) is 30.6 Å². The summed E-state index contributed by atoms with van der Waals surface area (Å²) in [7, 11) is 0. The molecule has 2 fully saturated rings. The zero-order chi connectivity index (χ0) is 14.7. The summed E-state index contributed by atoms with van der Waals surface area (Å²) in [4.78, 5) is 6.91. The number of likely N-dealkylation sites (tertiary alicyclic amines) is 2. The van der Waals surface area contributed by atoms with Gasteiger partial charge in [-0.15, -0.1) is 11.3 Å². The molecule has 3 rings (SSSR count). The van der Waals surface area contributed by atoms with Gasteiger partial charge in [0.2, 0.25) is 0 Å². The minimum absolute atomic E-state index is 0.808. The Morgan fingerprint density at radius 2 is 2.10 bits per heavy atom. The molecule has 118 valence electrons. The lowest BCUT2D eigenvalue weighted by Crippen LogP contribution is -2.45. The van der Waals surface area contributed by atoms with E-state index >= 15 is 0 Å². The van der Waals surface area contributed by atoms with Crippen LogP contribution >= 0.6 is 27.3 Å². The van der Waals surface area contributed by atoms with E-state index in [1.807, 2.05) is 11.3 Å². The number of piperidine rings is 2. The Hall–Kier alpha value is 0.1000. The molecule has 2 aliphatic rings. The predicted molar refractivity (Wildman–Crippen MR) is 94.9 cm³/mol. The molecular formula is C17H27BrN2S. The summed E-state index contributed by atoms with van der Waals surface area (Å²) in [5.74, 6) is 0.878. The van der Waals surface area contributed by atoms with Gasteiger partial charge in [0.1, 0.15) is 0 Å². The summed E-state index contributed by atoms with van der Waals surface area (Å²) in [6, 6.07) is 5.25. The number of hydrogen-bond acceptors (Lipinski definition) is 3. The van der Waals surface area contributed by atoms with E-state index in [1.165, 1.54) is 66.9 Å². The Morgan fingerprint density at radius 3 is 2.86 bits per heavy atom. The topological polar surface area (TPSA) is 6.48 Å². The fourth-order valence-corrected chi connectivity index (χ4v) is 5.39. The molecule has 21 heavy (non-hydrogen) atoms. The summed E-state index contributed by atoms with van der Waals surface area (Å²) in [5, 5.41) is 0. The van der Waals surface area contributed by atoms with Crippen molar-refractivity contribution in [2.45, 2.75) is 51.6 Å². The molecule has 2 nitrogen and oxygen atoms in total. The van der Waals surface area contributed by atoms with Crippen LogP contribution in [0.5, 0.6) is 0 Å². The second-order valence-corrected chi connectivity index (χ2v) is 9.34. The standard InChI is InChI=1S/C17H27BrN2S/c1-14-5-2-3-10-20(14)12-15-6-4-9-19(11-15)13-16-7-8-17(18)21-16/h7-8,14-15H,2-6,9-13H2,1H3. The minimum Gasteiger partial charge on any atom is -0.300 e. The van der Waals surface area contributed by atoms with Crippen molar-refractivity contribution in [1.82, 2.24) is 9.80 Å². The van der Waals surface area contributed by atoms with Crippen LogP contribution in [0.2, 0.25) is 0 Å². The van der Waals surface area contributed by atoms with Gasteiger partial charge in [0.25, 0.3) is 0 Å². The van der Waals surface area contributed by atoms with Crippen molar-refractivity contribution in [1.29, 1.82) is 0 Å². The molecule has 0 radical (unpaired) electrons. The number of nitrogens with zero attached hydrogens (tertiary/aromatic N) is 2. The van der Waals surface area contributed by atoms with Gasteiger partial charge in [-0.1, -0.05) is 6.42 Å². The van der Waals surface area contributed by atoms with Crippen molar-refractivity contribution in [2.24, 2.45) is 5.92 Å². The summed E-state index contributed by atoms with van der Waals surface area (Å²) >= 11 is 5.46. The van der Waals surface area contributed by atoms with E-state index in [0.29, 0.717) is 0 Å². The lowest BCUT2D eigenvalue weighted by molar-refractivity contribution is 0.0916. The first-order valence-electron chi connectivity index (χ1n) is 8.41. The summed E-state index contributed by atoms with van der Waals surface area (Å²) in [6.45, 7) is 8.78. The molecule has 1 aromatic rings. The highest BCUT2D eigenvalue weighted by Gasteiger charge is 2.25. The Balaban J connectivity index is 1.50. The number of thiophene rings is 1. The highest BCUT2D eigenvalue weighted by atomic mass is 79.9. The van der Waals surface area contributed by atoms with Crippen LogP contribution in [0.25, 0.3) is 0 Å². The molecular weight excluding hydrogens is 344 g/mol. The zero-order valence-electron chi connectivity index (χ0n) is 13.1. The number of halogens is 1. The Kier molecular flexibility index (Phi) is 5.77. The van der Waals surface area contributed by atoms with Crippen LogP contribution in [-0.4, -0.2) is 42.0 Å². The molecule has 2 aliphatic heterocycles. The average Bonchev–Trinajstić information content (AvgIpc) is 2.87. The molecule has 0 aliphatic carbocycles. The highest BCUT2D eigenvalue weighted by molar-refractivity contribution is 9.11. The Labute approximate surface area is 141 Å². The van der Waals surface area contributed by atoms with Crippen molar-refractivity contribution in [2.75, 3.05) is 26.2 Å². The van der Waals surface area contributed by atoms with E-state index in [1.54, 1.807) is 0 Å². The molecule has 2 saturated heterocycles. The second kappa shape index (κ2) is 7.58. The molecule has 0 amide bonds. The predicted octanol–water partition coefficient (Wildman–Crippen LogP) is 4.60. The van der Waals surface area contributed by atoms with Gasteiger partial charge in [-0.25, -0.2) is 0 Å². The van der Waals surface area contributed by atoms with Crippen molar-refractivity contribution < 1.29 is 0 Å². The van der Waals surface area contributed by atoms with E-state index in [2.05, 4.69) is 44.8 Å². The third-order valence-electron chi connectivity index (χ3n) is 5.04. The smallest absolute Gasteiger partial charge is 0.0701 e. The molecule has 0 saturated carbocycles. The van der Waals surface area contributed by atoms with E-state index in [4.69, 9.17) is 0 Å². The summed E-state index contributed by atoms with van der Waals surface area (Å²) in [6.07, 6.45) is 7.04. The lowest BCUT2D eigenvalue weighted by Gasteiger charge is -2.39. The van der Waals surface area contributed by atoms with Gasteiger partial charge in [0.15, 0.2) is 0 Å². The molecule has 0 aromatic carbocycles. The van der Waals surface area contributed by atoms with Crippen LogP contribution in [0.15, 0.2) is 15.9 Å². The Bertz CT molecular complexity index is 448. The van der Waals surface area contributed by atoms with Crippen LogP contribution in [0.3, 0.4) is 0 Å². The zero-order valence-corrected chi connectivity index (χ0v) is 15.5. The van der Waals surface area contributed by atoms with Crippen molar-refractivity contribution in [3.8, 4) is 0 Å². The van der Waals surface area contributed by atoms with E-state index in [0.717, 1.165) is 18.5 Å². The first-order chi connectivity index (χ1) is 10.2. The van der Waals surface area contributed by atoms with E-state index in [9.17, 15) is 0 Å². The molecule has 0 N–H and O–H groups in total. The third-order valence-corrected chi connectivity index (χ3v) is 6.65. The van der Waals surface area contributed by atoms with Crippen LogP contribution in [0, 0.1) is 5.92 Å². The molecule has 0 spiro atoms. The van der Waals surface area contributed by atoms with Crippen LogP contribution < -0.4 is 0 Å². The maximum absolute atomic E-state index is 3.57. The first-order valence-corrected chi connectivity index (χ1v) is 10.0. The first kappa shape index (κ1) is 16.0.